The second kappa shape index (κ2) is 6.91. The predicted molar refractivity (Wildman–Crippen MR) is 92.7 cm³/mol. The van der Waals surface area contributed by atoms with Crippen LogP contribution in [-0.2, 0) is 11.2 Å². The zero-order valence-electron chi connectivity index (χ0n) is 14.7. The number of nitrogens with one attached hydrogen (secondary N) is 1. The Morgan fingerprint density at radius 2 is 1.92 bits per heavy atom. The van der Waals surface area contributed by atoms with E-state index in [1.807, 2.05) is 31.2 Å². The molecule has 1 aromatic heterocycles. The van der Waals surface area contributed by atoms with Crippen molar-refractivity contribution in [2.24, 2.45) is 0 Å². The molecule has 2 aromatic rings. The monoisotopic (exact) mass is 329 g/mol. The Labute approximate surface area is 142 Å². The minimum absolute atomic E-state index is 0.315. The van der Waals surface area contributed by atoms with Gasteiger partial charge in [0.15, 0.2) is 6.29 Å². The highest BCUT2D eigenvalue weighted by molar-refractivity contribution is 5.98. The maximum atomic E-state index is 12.5. The van der Waals surface area contributed by atoms with Crippen molar-refractivity contribution in [1.82, 2.24) is 4.98 Å². The lowest BCUT2D eigenvalue weighted by atomic mass is 9.97. The first-order valence-corrected chi connectivity index (χ1v) is 7.89. The number of carbonyl (C=O) groups excluding carboxylic acids is 2. The fourth-order valence-electron chi connectivity index (χ4n) is 2.66. The molecule has 0 amide bonds. The summed E-state index contributed by atoms with van der Waals surface area (Å²) in [4.78, 5) is 27.0. The number of para-hydroxylation sites is 1. The summed E-state index contributed by atoms with van der Waals surface area (Å²) in [6, 6.07) is 7.42. The van der Waals surface area contributed by atoms with E-state index in [2.05, 4.69) is 4.98 Å². The van der Waals surface area contributed by atoms with Crippen LogP contribution < -0.4 is 4.74 Å². The standard InChI is InChI=1S/C19H23NO4/c1-6-12-16(13-9-7-8-10-15(13)23-5)14(11-21)20-17(12)18(22)24-19(2,3)4/h7-11,20H,6H2,1-5H3. The summed E-state index contributed by atoms with van der Waals surface area (Å²) in [6.45, 7) is 7.36. The van der Waals surface area contributed by atoms with Crippen LogP contribution in [0.5, 0.6) is 5.75 Å². The van der Waals surface area contributed by atoms with E-state index in [0.717, 1.165) is 17.4 Å². The summed E-state index contributed by atoms with van der Waals surface area (Å²) in [7, 11) is 1.58. The second-order valence-electron chi connectivity index (χ2n) is 6.44. The summed E-state index contributed by atoms with van der Waals surface area (Å²) < 4.78 is 10.9. The van der Waals surface area contributed by atoms with Crippen molar-refractivity contribution in [2.75, 3.05) is 7.11 Å². The number of aldehydes is 1. The van der Waals surface area contributed by atoms with E-state index in [0.29, 0.717) is 29.1 Å². The number of hydrogen-bond acceptors (Lipinski definition) is 4. The Hall–Kier alpha value is -2.56. The maximum Gasteiger partial charge on any atom is 0.355 e. The zero-order valence-corrected chi connectivity index (χ0v) is 14.7. The third-order valence-electron chi connectivity index (χ3n) is 3.58. The van der Waals surface area contributed by atoms with Gasteiger partial charge in [0.1, 0.15) is 17.0 Å². The van der Waals surface area contributed by atoms with Crippen molar-refractivity contribution in [2.45, 2.75) is 39.7 Å². The zero-order chi connectivity index (χ0) is 17.9. The molecular formula is C19H23NO4. The van der Waals surface area contributed by atoms with Crippen molar-refractivity contribution in [3.8, 4) is 16.9 Å². The van der Waals surface area contributed by atoms with Crippen LogP contribution in [0.2, 0.25) is 0 Å². The highest BCUT2D eigenvalue weighted by atomic mass is 16.6. The normalized spacial score (nSPS) is 11.2. The van der Waals surface area contributed by atoms with Gasteiger partial charge in [-0.1, -0.05) is 25.1 Å². The molecule has 0 aliphatic rings. The van der Waals surface area contributed by atoms with E-state index < -0.39 is 11.6 Å². The van der Waals surface area contributed by atoms with Crippen LogP contribution in [0.1, 0.15) is 54.2 Å². The molecule has 128 valence electrons. The molecule has 0 bridgehead atoms. The van der Waals surface area contributed by atoms with Gasteiger partial charge >= 0.3 is 5.97 Å². The lowest BCUT2D eigenvalue weighted by molar-refractivity contribution is 0.00624. The predicted octanol–water partition coefficient (Wildman–Crippen LogP) is 4.02. The van der Waals surface area contributed by atoms with Crippen molar-refractivity contribution < 1.29 is 19.1 Å². The molecule has 0 unspecified atom stereocenters. The van der Waals surface area contributed by atoms with Crippen molar-refractivity contribution in [3.63, 3.8) is 0 Å². The van der Waals surface area contributed by atoms with Gasteiger partial charge in [0.25, 0.3) is 0 Å². The lowest BCUT2D eigenvalue weighted by Crippen LogP contribution is -2.24. The molecule has 0 saturated heterocycles. The number of aromatic nitrogens is 1. The van der Waals surface area contributed by atoms with E-state index in [1.165, 1.54) is 0 Å². The Balaban J connectivity index is 2.65. The van der Waals surface area contributed by atoms with Gasteiger partial charge in [-0.25, -0.2) is 4.79 Å². The van der Waals surface area contributed by atoms with E-state index in [4.69, 9.17) is 9.47 Å². The fraction of sp³-hybridized carbons (Fsp3) is 0.368. The summed E-state index contributed by atoms with van der Waals surface area (Å²) in [5.41, 5.74) is 2.25. The molecular weight excluding hydrogens is 306 g/mol. The van der Waals surface area contributed by atoms with Crippen LogP contribution in [-0.4, -0.2) is 30.0 Å². The minimum atomic E-state index is -0.612. The molecule has 0 fully saturated rings. The third-order valence-corrected chi connectivity index (χ3v) is 3.58. The first-order valence-electron chi connectivity index (χ1n) is 7.89. The van der Waals surface area contributed by atoms with Gasteiger partial charge in [0, 0.05) is 11.1 Å². The van der Waals surface area contributed by atoms with Gasteiger partial charge in [0.05, 0.1) is 12.8 Å². The Morgan fingerprint density at radius 3 is 2.46 bits per heavy atom. The number of esters is 1. The minimum Gasteiger partial charge on any atom is -0.496 e. The molecule has 1 heterocycles. The van der Waals surface area contributed by atoms with Gasteiger partial charge in [-0.15, -0.1) is 0 Å². The molecule has 1 N–H and O–H groups in total. The Bertz CT molecular complexity index is 753. The Kier molecular flexibility index (Phi) is 5.12. The van der Waals surface area contributed by atoms with E-state index in [1.54, 1.807) is 27.9 Å². The van der Waals surface area contributed by atoms with E-state index in [9.17, 15) is 9.59 Å². The number of rotatable bonds is 5. The number of benzene rings is 1. The molecule has 5 nitrogen and oxygen atoms in total. The lowest BCUT2D eigenvalue weighted by Gasteiger charge is -2.19. The smallest absolute Gasteiger partial charge is 0.355 e. The van der Waals surface area contributed by atoms with Gasteiger partial charge in [-0.05, 0) is 38.8 Å². The molecule has 1 aromatic carbocycles. The molecule has 0 aliphatic carbocycles. The second-order valence-corrected chi connectivity index (χ2v) is 6.44. The van der Waals surface area contributed by atoms with Crippen molar-refractivity contribution in [3.05, 3.63) is 41.2 Å². The topological polar surface area (TPSA) is 68.4 Å². The summed E-state index contributed by atoms with van der Waals surface area (Å²) in [6.07, 6.45) is 1.29. The SMILES string of the molecule is CCc1c(C(=O)OC(C)(C)C)[nH]c(C=O)c1-c1ccccc1OC. The summed E-state index contributed by atoms with van der Waals surface area (Å²) >= 11 is 0. The van der Waals surface area contributed by atoms with Crippen molar-refractivity contribution in [1.29, 1.82) is 0 Å². The molecule has 0 spiro atoms. The average Bonchev–Trinajstić information content (AvgIpc) is 2.91. The Morgan fingerprint density at radius 1 is 1.25 bits per heavy atom. The first-order chi connectivity index (χ1) is 11.3. The highest BCUT2D eigenvalue weighted by Gasteiger charge is 2.27. The molecule has 0 aliphatic heterocycles. The molecule has 0 saturated carbocycles. The van der Waals surface area contributed by atoms with Crippen LogP contribution >= 0.6 is 0 Å². The van der Waals surface area contributed by atoms with Gasteiger partial charge in [0.2, 0.25) is 0 Å². The van der Waals surface area contributed by atoms with Gasteiger partial charge < -0.3 is 14.5 Å². The number of H-pyrrole nitrogens is 1. The molecule has 2 rings (SSSR count). The molecule has 0 radical (unpaired) electrons. The maximum absolute atomic E-state index is 12.5. The molecule has 24 heavy (non-hydrogen) atoms. The highest BCUT2D eigenvalue weighted by Crippen LogP contribution is 2.36. The van der Waals surface area contributed by atoms with Crippen LogP contribution in [0.3, 0.4) is 0 Å². The number of ether oxygens (including phenoxy) is 2. The van der Waals surface area contributed by atoms with E-state index in [-0.39, 0.29) is 0 Å². The number of hydrogen-bond donors (Lipinski definition) is 1. The molecule has 0 atom stereocenters. The largest absolute Gasteiger partial charge is 0.496 e. The first kappa shape index (κ1) is 17.8. The number of aromatic amines is 1. The summed E-state index contributed by atoms with van der Waals surface area (Å²) in [5, 5.41) is 0. The van der Waals surface area contributed by atoms with Crippen molar-refractivity contribution >= 4 is 12.3 Å². The van der Waals surface area contributed by atoms with Gasteiger partial charge in [-0.3, -0.25) is 4.79 Å². The van der Waals surface area contributed by atoms with Gasteiger partial charge in [-0.2, -0.15) is 0 Å². The third kappa shape index (κ3) is 3.50. The quantitative estimate of drug-likeness (QED) is 0.664. The van der Waals surface area contributed by atoms with Crippen LogP contribution in [0.25, 0.3) is 11.1 Å². The van der Waals surface area contributed by atoms with E-state index >= 15 is 0 Å². The summed E-state index contributed by atoms with van der Waals surface area (Å²) in [5.74, 6) is 0.175. The number of carbonyl (C=O) groups is 2. The van der Waals surface area contributed by atoms with Crippen LogP contribution in [0.15, 0.2) is 24.3 Å². The molecule has 5 heteroatoms. The van der Waals surface area contributed by atoms with Crippen LogP contribution in [0.4, 0.5) is 0 Å². The fourth-order valence-corrected chi connectivity index (χ4v) is 2.66. The average molecular weight is 329 g/mol. The van der Waals surface area contributed by atoms with Crippen LogP contribution in [0, 0.1) is 0 Å². The number of methoxy groups -OCH3 is 1.